The normalized spacial score (nSPS) is 37.5. The van der Waals surface area contributed by atoms with Crippen LogP contribution in [0.5, 0.6) is 5.75 Å². The first-order valence-corrected chi connectivity index (χ1v) is 11.1. The van der Waals surface area contributed by atoms with E-state index in [1.165, 1.54) is 38.5 Å². The fourth-order valence-electron chi connectivity index (χ4n) is 6.12. The van der Waals surface area contributed by atoms with E-state index in [1.54, 1.807) is 11.1 Å². The summed E-state index contributed by atoms with van der Waals surface area (Å²) in [5.41, 5.74) is 3.58. The smallest absolute Gasteiger partial charge is 0.119 e. The molecule has 0 aromatic heterocycles. The Hall–Kier alpha value is -0.290. The molecule has 0 N–H and O–H groups in total. The highest BCUT2D eigenvalue weighted by atomic mass is 127. The second kappa shape index (κ2) is 6.79. The van der Waals surface area contributed by atoms with E-state index in [1.807, 2.05) is 0 Å². The van der Waals surface area contributed by atoms with Crippen molar-refractivity contribution in [3.05, 3.63) is 29.3 Å². The van der Waals surface area contributed by atoms with Gasteiger partial charge in [0.2, 0.25) is 0 Å². The van der Waals surface area contributed by atoms with Crippen LogP contribution in [0.1, 0.15) is 63.0 Å². The van der Waals surface area contributed by atoms with Crippen molar-refractivity contribution in [2.24, 2.45) is 17.3 Å². The van der Waals surface area contributed by atoms with Crippen molar-refractivity contribution in [2.75, 3.05) is 11.2 Å². The molecule has 4 rings (SSSR count). The van der Waals surface area contributed by atoms with Gasteiger partial charge in [-0.3, -0.25) is 0 Å². The zero-order valence-corrected chi connectivity index (χ0v) is 17.1. The lowest BCUT2D eigenvalue weighted by molar-refractivity contribution is -0.0467. The van der Waals surface area contributed by atoms with Gasteiger partial charge in [-0.15, -0.1) is 0 Å². The van der Waals surface area contributed by atoms with Gasteiger partial charge in [0, 0.05) is 0 Å². The van der Waals surface area contributed by atoms with Crippen LogP contribution in [0.4, 0.5) is 0 Å². The highest BCUT2D eigenvalue weighted by molar-refractivity contribution is 14.1. The molecule has 0 saturated heterocycles. The van der Waals surface area contributed by atoms with Crippen LogP contribution in [-0.2, 0) is 11.2 Å². The first kappa shape index (κ1) is 17.1. The Bertz CT molecular complexity index is 602. The SMILES string of the molecule is CCOc1ccc2c(c1)CCC1C2CC[C@@]2(C)C1CC[C@@H]2OCI. The first-order chi connectivity index (χ1) is 11.7. The quantitative estimate of drug-likeness (QED) is 0.441. The minimum Gasteiger partial charge on any atom is -0.494 e. The lowest BCUT2D eigenvalue weighted by Crippen LogP contribution is -2.44. The van der Waals surface area contributed by atoms with Gasteiger partial charge in [-0.25, -0.2) is 0 Å². The molecule has 1 aromatic rings. The summed E-state index contributed by atoms with van der Waals surface area (Å²) in [7, 11) is 0. The number of halogens is 1. The van der Waals surface area contributed by atoms with E-state index >= 15 is 0 Å². The number of aryl methyl sites for hydroxylation is 1. The number of rotatable bonds is 4. The molecule has 2 fully saturated rings. The summed E-state index contributed by atoms with van der Waals surface area (Å²) < 4.78 is 12.7. The van der Waals surface area contributed by atoms with Gasteiger partial charge >= 0.3 is 0 Å². The van der Waals surface area contributed by atoms with Crippen LogP contribution in [0, 0.1) is 17.3 Å². The maximum Gasteiger partial charge on any atom is 0.119 e. The van der Waals surface area contributed by atoms with E-state index in [0.717, 1.165) is 34.7 Å². The Morgan fingerprint density at radius 1 is 1.21 bits per heavy atom. The van der Waals surface area contributed by atoms with Crippen LogP contribution in [0.3, 0.4) is 0 Å². The van der Waals surface area contributed by atoms with Crippen LogP contribution >= 0.6 is 22.6 Å². The summed E-state index contributed by atoms with van der Waals surface area (Å²) in [4.78, 5) is 0. The van der Waals surface area contributed by atoms with Crippen molar-refractivity contribution < 1.29 is 9.47 Å². The third kappa shape index (κ3) is 2.70. The van der Waals surface area contributed by atoms with Gasteiger partial charge in [0.15, 0.2) is 0 Å². The average Bonchev–Trinajstić information content (AvgIpc) is 2.92. The van der Waals surface area contributed by atoms with Gasteiger partial charge in [-0.05, 0) is 91.9 Å². The molecule has 132 valence electrons. The number of hydrogen-bond acceptors (Lipinski definition) is 2. The zero-order valence-electron chi connectivity index (χ0n) is 14.9. The molecule has 3 aliphatic carbocycles. The Labute approximate surface area is 159 Å². The van der Waals surface area contributed by atoms with E-state index < -0.39 is 0 Å². The van der Waals surface area contributed by atoms with Crippen molar-refractivity contribution in [1.29, 1.82) is 0 Å². The second-order valence-electron chi connectivity index (χ2n) is 8.10. The summed E-state index contributed by atoms with van der Waals surface area (Å²) in [6.07, 6.45) is 8.36. The van der Waals surface area contributed by atoms with Gasteiger partial charge in [-0.2, -0.15) is 0 Å². The lowest BCUT2D eigenvalue weighted by Gasteiger charge is -2.50. The predicted octanol–water partition coefficient (Wildman–Crippen LogP) is 5.72. The molecule has 0 aliphatic heterocycles. The highest BCUT2D eigenvalue weighted by Gasteiger charge is 2.55. The third-order valence-electron chi connectivity index (χ3n) is 7.19. The molecule has 0 radical (unpaired) electrons. The molecular formula is C21H29IO2. The topological polar surface area (TPSA) is 18.5 Å². The number of ether oxygens (including phenoxy) is 2. The largest absolute Gasteiger partial charge is 0.494 e. The fourth-order valence-corrected chi connectivity index (χ4v) is 6.55. The lowest BCUT2D eigenvalue weighted by atomic mass is 9.55. The summed E-state index contributed by atoms with van der Waals surface area (Å²) in [5.74, 6) is 3.52. The molecule has 1 aromatic carbocycles. The average molecular weight is 440 g/mol. The van der Waals surface area contributed by atoms with E-state index in [-0.39, 0.29) is 0 Å². The Morgan fingerprint density at radius 3 is 2.88 bits per heavy atom. The van der Waals surface area contributed by atoms with Crippen LogP contribution < -0.4 is 4.74 Å². The maximum absolute atomic E-state index is 6.14. The summed E-state index contributed by atoms with van der Waals surface area (Å²) in [5, 5.41) is 0. The minimum atomic E-state index is 0.412. The number of alkyl halides is 1. The predicted molar refractivity (Wildman–Crippen MR) is 106 cm³/mol. The molecular weight excluding hydrogens is 411 g/mol. The third-order valence-corrected chi connectivity index (χ3v) is 7.55. The summed E-state index contributed by atoms with van der Waals surface area (Å²) in [6, 6.07) is 6.86. The van der Waals surface area contributed by atoms with Crippen LogP contribution in [-0.4, -0.2) is 17.3 Å². The van der Waals surface area contributed by atoms with Crippen molar-refractivity contribution in [2.45, 2.75) is 64.4 Å². The molecule has 0 spiro atoms. The standard InChI is InChI=1S/C21H29IO2/c1-3-23-15-5-7-16-14(12-15)4-6-18-17(16)10-11-21(2)19(18)8-9-20(21)24-13-22/h5,7,12,17-20H,3-4,6,8-11,13H2,1-2H3/t17?,18?,19?,20-,21-/m0/s1. The molecule has 2 saturated carbocycles. The molecule has 0 amide bonds. The number of fused-ring (bicyclic) bond motifs is 5. The van der Waals surface area contributed by atoms with Gasteiger partial charge in [0.05, 0.1) is 17.3 Å². The highest BCUT2D eigenvalue weighted by Crippen LogP contribution is 2.61. The first-order valence-electron chi connectivity index (χ1n) is 9.60. The van der Waals surface area contributed by atoms with Gasteiger partial charge in [0.1, 0.15) is 5.75 Å². The maximum atomic E-state index is 6.14. The van der Waals surface area contributed by atoms with E-state index in [4.69, 9.17) is 9.47 Å². The van der Waals surface area contributed by atoms with Crippen molar-refractivity contribution in [3.8, 4) is 5.75 Å². The summed E-state index contributed by atoms with van der Waals surface area (Å²) >= 11 is 2.36. The van der Waals surface area contributed by atoms with Crippen LogP contribution in [0.15, 0.2) is 18.2 Å². The van der Waals surface area contributed by atoms with Crippen LogP contribution in [0.2, 0.25) is 0 Å². The molecule has 5 atom stereocenters. The molecule has 0 bridgehead atoms. The van der Waals surface area contributed by atoms with E-state index in [2.05, 4.69) is 54.6 Å². The Kier molecular flexibility index (Phi) is 4.85. The van der Waals surface area contributed by atoms with Crippen molar-refractivity contribution in [3.63, 3.8) is 0 Å². The molecule has 24 heavy (non-hydrogen) atoms. The molecule has 3 heteroatoms. The molecule has 0 heterocycles. The van der Waals surface area contributed by atoms with Gasteiger partial charge in [-0.1, -0.05) is 35.6 Å². The Morgan fingerprint density at radius 2 is 2.08 bits per heavy atom. The Balaban J connectivity index is 1.60. The van der Waals surface area contributed by atoms with Crippen molar-refractivity contribution >= 4 is 22.6 Å². The number of benzene rings is 1. The fraction of sp³-hybridized carbons (Fsp3) is 0.714. The van der Waals surface area contributed by atoms with Crippen LogP contribution in [0.25, 0.3) is 0 Å². The van der Waals surface area contributed by atoms with Gasteiger partial charge in [0.25, 0.3) is 0 Å². The zero-order chi connectivity index (χ0) is 16.7. The monoisotopic (exact) mass is 440 g/mol. The van der Waals surface area contributed by atoms with E-state index in [9.17, 15) is 0 Å². The number of hydrogen-bond donors (Lipinski definition) is 0. The molecule has 3 aliphatic rings. The molecule has 2 nitrogen and oxygen atoms in total. The second-order valence-corrected chi connectivity index (χ2v) is 8.72. The molecule has 3 unspecified atom stereocenters. The minimum absolute atomic E-state index is 0.412. The summed E-state index contributed by atoms with van der Waals surface area (Å²) in [6.45, 7) is 5.33. The van der Waals surface area contributed by atoms with Gasteiger partial charge < -0.3 is 9.47 Å². The van der Waals surface area contributed by atoms with Crippen molar-refractivity contribution in [1.82, 2.24) is 0 Å². The van der Waals surface area contributed by atoms with E-state index in [0.29, 0.717) is 11.5 Å².